The molecule has 0 radical (unpaired) electrons. The molecule has 350 valence electrons. The Morgan fingerprint density at radius 2 is 1.34 bits per heavy atom. The fourth-order valence-corrected chi connectivity index (χ4v) is 10.2. The predicted octanol–water partition coefficient (Wildman–Crippen LogP) is 7.49. The Kier molecular flexibility index (Phi) is 13.3. The van der Waals surface area contributed by atoms with Gasteiger partial charge in [0.2, 0.25) is 11.0 Å². The number of aliphatic hydroxyl groups is 1. The van der Waals surface area contributed by atoms with E-state index in [0.717, 1.165) is 46.5 Å². The molecule has 0 aliphatic carbocycles. The molecule has 7 rings (SSSR count). The molecule has 0 saturated carbocycles. The molecular weight excluding hydrogens is 987 g/mol. The number of benzene rings is 5. The maximum absolute atomic E-state index is 12.7. The Balaban J connectivity index is 1.21. The van der Waals surface area contributed by atoms with Crippen LogP contribution in [0, 0.1) is 6.92 Å². The second-order valence-corrected chi connectivity index (χ2v) is 20.6. The van der Waals surface area contributed by atoms with Gasteiger partial charge < -0.3 is 20.1 Å². The number of phenols is 1. The number of thiazole rings is 1. The number of aliphatic hydroxyl groups excluding tert-OH is 1. The molecular formula is C37H31N9O16S5. The van der Waals surface area contributed by atoms with Crippen molar-refractivity contribution in [1.82, 2.24) is 14.8 Å². The topological polar surface area (TPSA) is 392 Å². The molecule has 5 aromatic carbocycles. The molecule has 0 spiro atoms. The van der Waals surface area contributed by atoms with E-state index in [0.29, 0.717) is 5.56 Å². The zero-order valence-corrected chi connectivity index (χ0v) is 37.8. The summed E-state index contributed by atoms with van der Waals surface area (Å²) in [5.41, 5.74) is -0.356. The van der Waals surface area contributed by atoms with Gasteiger partial charge in [0, 0.05) is 22.4 Å². The van der Waals surface area contributed by atoms with Crippen molar-refractivity contribution in [2.45, 2.75) is 34.6 Å². The highest BCUT2D eigenvalue weighted by Gasteiger charge is 2.24. The first-order valence-corrected chi connectivity index (χ1v) is 25.3. The maximum Gasteiger partial charge on any atom is 0.297 e. The average Bonchev–Trinajstić information content (AvgIpc) is 3.84. The number of aromatic nitrogens is 3. The van der Waals surface area contributed by atoms with Crippen molar-refractivity contribution in [3.63, 3.8) is 0 Å². The minimum atomic E-state index is -5.11. The number of phenolic OH excluding ortho intramolecular Hbond substituents is 1. The number of ether oxygens (including phenoxy) is 1. The van der Waals surface area contributed by atoms with Crippen molar-refractivity contribution < 1.29 is 71.9 Å². The monoisotopic (exact) mass is 1020 g/mol. The number of aromatic hydroxyl groups is 2. The maximum atomic E-state index is 12.7. The van der Waals surface area contributed by atoms with E-state index in [4.69, 9.17) is 4.74 Å². The summed E-state index contributed by atoms with van der Waals surface area (Å²) in [6.07, 6.45) is 0.844. The van der Waals surface area contributed by atoms with Crippen molar-refractivity contribution in [2.24, 2.45) is 30.7 Å². The van der Waals surface area contributed by atoms with E-state index in [1.165, 1.54) is 48.5 Å². The van der Waals surface area contributed by atoms with Gasteiger partial charge in [-0.3, -0.25) is 18.2 Å². The normalized spacial score (nSPS) is 13.0. The van der Waals surface area contributed by atoms with Gasteiger partial charge in [0.1, 0.15) is 32.6 Å². The van der Waals surface area contributed by atoms with Crippen LogP contribution in [0.4, 0.5) is 33.6 Å². The Hall–Kier alpha value is -6.74. The van der Waals surface area contributed by atoms with Crippen molar-refractivity contribution in [3.05, 3.63) is 90.1 Å². The third-order valence-electron chi connectivity index (χ3n) is 9.29. The SMILES string of the molecule is Cc1cc(N=Nc2ccc3c(S(=O)(=O)O)c(N=Nc4cnn(-c5cccc(S(=O)(=O)O)c5)c4O)ccc3c2O)c(OCCCS(=O)(=O)O)cc1N=Nc1nc2ccc(CO)c(S(=O)(=O)O)c2s1. The molecule has 0 aliphatic rings. The molecule has 2 aromatic heterocycles. The standard InChI is InChI=1S/C37H31N9O16S5/c1-19-14-29(31(62-12-3-13-64(50,51)52)16-28(19)42-45-37-39-26-9-6-20(18-47)34(33(26)63-37)66(56,57)58)43-40-25-10-8-24-23(32(25)48)7-11-27(35(24)67(59,60)61)41-44-30-17-38-46(36(30)49)21-4-2-5-22(15-21)65(53,54)55/h2,4-11,14-17,47-49H,3,12-13,18H2,1H3,(H,50,51,52)(H,53,54,55)(H,56,57,58)(H,59,60,61). The van der Waals surface area contributed by atoms with Crippen molar-refractivity contribution >= 4 is 106 Å². The van der Waals surface area contributed by atoms with E-state index in [-0.39, 0.29) is 78.9 Å². The van der Waals surface area contributed by atoms with Crippen LogP contribution in [0.3, 0.4) is 0 Å². The molecule has 30 heteroatoms. The lowest BCUT2D eigenvalue weighted by atomic mass is 10.1. The van der Waals surface area contributed by atoms with E-state index in [2.05, 4.69) is 40.8 Å². The third-order valence-corrected chi connectivity index (χ3v) is 14.0. The predicted molar refractivity (Wildman–Crippen MR) is 236 cm³/mol. The van der Waals surface area contributed by atoms with Gasteiger partial charge in [-0.2, -0.15) is 43.5 Å². The van der Waals surface area contributed by atoms with Gasteiger partial charge in [-0.25, -0.2) is 4.98 Å². The fraction of sp³-hybridized carbons (Fsp3) is 0.135. The number of nitrogens with zero attached hydrogens (tertiary/aromatic N) is 9. The van der Waals surface area contributed by atoms with E-state index in [1.807, 2.05) is 0 Å². The highest BCUT2D eigenvalue weighted by atomic mass is 32.2. The molecule has 0 aliphatic heterocycles. The van der Waals surface area contributed by atoms with Gasteiger partial charge in [0.05, 0.1) is 51.7 Å². The van der Waals surface area contributed by atoms with E-state index in [1.54, 1.807) is 6.92 Å². The van der Waals surface area contributed by atoms with Crippen LogP contribution in [0.15, 0.2) is 124 Å². The van der Waals surface area contributed by atoms with E-state index in [9.17, 15) is 67.2 Å². The number of rotatable bonds is 16. The van der Waals surface area contributed by atoms with Crippen LogP contribution in [0.25, 0.3) is 26.7 Å². The minimum absolute atomic E-state index is 0.00110. The van der Waals surface area contributed by atoms with Gasteiger partial charge in [-0.15, -0.1) is 30.7 Å². The summed E-state index contributed by atoms with van der Waals surface area (Å²) in [4.78, 5) is 2.40. The van der Waals surface area contributed by atoms with Crippen LogP contribution in [0.1, 0.15) is 17.5 Å². The summed E-state index contributed by atoms with van der Waals surface area (Å²) in [7, 11) is -18.8. The zero-order valence-electron chi connectivity index (χ0n) is 33.7. The highest BCUT2D eigenvalue weighted by molar-refractivity contribution is 7.86. The first kappa shape index (κ1) is 48.2. The Labute approximate surface area is 382 Å². The lowest BCUT2D eigenvalue weighted by molar-refractivity contribution is 0.278. The summed E-state index contributed by atoms with van der Waals surface area (Å²) in [6.45, 7) is 0.642. The number of azo groups is 3. The number of aryl methyl sites for hydroxylation is 1. The summed E-state index contributed by atoms with van der Waals surface area (Å²) >= 11 is 0.765. The van der Waals surface area contributed by atoms with Crippen LogP contribution in [-0.2, 0) is 47.1 Å². The molecule has 0 saturated heterocycles. The summed E-state index contributed by atoms with van der Waals surface area (Å²) in [6, 6.07) is 14.9. The van der Waals surface area contributed by atoms with Crippen LogP contribution in [0.2, 0.25) is 0 Å². The van der Waals surface area contributed by atoms with Crippen LogP contribution in [-0.4, -0.2) is 94.3 Å². The van der Waals surface area contributed by atoms with Gasteiger partial charge in [0.15, 0.2) is 11.4 Å². The molecule has 0 atom stereocenters. The first-order chi connectivity index (χ1) is 31.4. The van der Waals surface area contributed by atoms with Gasteiger partial charge in [0.25, 0.3) is 40.5 Å². The molecule has 0 fully saturated rings. The zero-order chi connectivity index (χ0) is 48.6. The van der Waals surface area contributed by atoms with Gasteiger partial charge in [-0.05, 0) is 67.4 Å². The second kappa shape index (κ2) is 18.5. The minimum Gasteiger partial charge on any atom is -0.505 e. The van der Waals surface area contributed by atoms with Crippen molar-refractivity contribution in [2.75, 3.05) is 12.4 Å². The molecule has 0 unspecified atom stereocenters. The Morgan fingerprint density at radius 1 is 0.687 bits per heavy atom. The molecule has 67 heavy (non-hydrogen) atoms. The molecule has 25 nitrogen and oxygen atoms in total. The molecule has 2 heterocycles. The average molecular weight is 1020 g/mol. The lowest BCUT2D eigenvalue weighted by Crippen LogP contribution is -2.08. The molecule has 0 bridgehead atoms. The van der Waals surface area contributed by atoms with E-state index >= 15 is 0 Å². The Morgan fingerprint density at radius 3 is 2.03 bits per heavy atom. The highest BCUT2D eigenvalue weighted by Crippen LogP contribution is 2.44. The molecule has 0 amide bonds. The summed E-state index contributed by atoms with van der Waals surface area (Å²) in [5, 5.41) is 59.4. The summed E-state index contributed by atoms with van der Waals surface area (Å²) < 4.78 is 141. The van der Waals surface area contributed by atoms with Crippen molar-refractivity contribution in [1.29, 1.82) is 0 Å². The van der Waals surface area contributed by atoms with Gasteiger partial charge in [-0.1, -0.05) is 29.5 Å². The fourth-order valence-electron chi connectivity index (χ4n) is 6.28. The van der Waals surface area contributed by atoms with Crippen LogP contribution >= 0.6 is 11.3 Å². The quantitative estimate of drug-likeness (QED) is 0.0280. The largest absolute Gasteiger partial charge is 0.505 e. The smallest absolute Gasteiger partial charge is 0.297 e. The molecule has 7 N–H and O–H groups in total. The van der Waals surface area contributed by atoms with Crippen molar-refractivity contribution in [3.8, 4) is 23.1 Å². The lowest BCUT2D eigenvalue weighted by Gasteiger charge is -2.11. The first-order valence-electron chi connectivity index (χ1n) is 18.5. The van der Waals surface area contributed by atoms with Gasteiger partial charge >= 0.3 is 0 Å². The third kappa shape index (κ3) is 10.8. The number of hydrogen-bond acceptors (Lipinski definition) is 21. The van der Waals surface area contributed by atoms with Crippen LogP contribution in [0.5, 0.6) is 17.4 Å². The van der Waals surface area contributed by atoms with Crippen LogP contribution < -0.4 is 4.74 Å². The second-order valence-electron chi connectivity index (χ2n) is 13.9. The number of hydrogen-bond donors (Lipinski definition) is 7. The van der Waals surface area contributed by atoms with E-state index < -0.39 is 84.8 Å². The summed E-state index contributed by atoms with van der Waals surface area (Å²) in [5.74, 6) is -1.97. The number of fused-ring (bicyclic) bond motifs is 2. The Bertz CT molecular complexity index is 3690. The molecule has 7 aromatic rings.